The van der Waals surface area contributed by atoms with Crippen LogP contribution < -0.4 is 10.5 Å². The number of aromatic nitrogens is 1. The van der Waals surface area contributed by atoms with E-state index < -0.39 is 0 Å². The summed E-state index contributed by atoms with van der Waals surface area (Å²) in [5, 5.41) is 9.84. The summed E-state index contributed by atoms with van der Waals surface area (Å²) in [6, 6.07) is 12.5. The van der Waals surface area contributed by atoms with Crippen LogP contribution in [0.3, 0.4) is 0 Å². The lowest BCUT2D eigenvalue weighted by atomic mass is 10.0. The molecule has 2 aliphatic rings. The molecule has 236 valence electrons. The van der Waals surface area contributed by atoms with Crippen molar-refractivity contribution >= 4 is 46.1 Å². The maximum Gasteiger partial charge on any atom is 0.270 e. The van der Waals surface area contributed by atoms with Crippen LogP contribution in [0.15, 0.2) is 40.0 Å². The first-order valence-corrected chi connectivity index (χ1v) is 17.5. The molecule has 2 aromatic rings. The van der Waals surface area contributed by atoms with Crippen molar-refractivity contribution < 1.29 is 4.79 Å². The molecule has 0 N–H and O–H groups in total. The topological polar surface area (TPSA) is 72.6 Å². The van der Waals surface area contributed by atoms with Crippen molar-refractivity contribution in [1.82, 2.24) is 14.4 Å². The zero-order valence-electron chi connectivity index (χ0n) is 26.6. The van der Waals surface area contributed by atoms with Gasteiger partial charge in [-0.3, -0.25) is 24.0 Å². The second-order valence-corrected chi connectivity index (χ2v) is 13.7. The molecule has 0 saturated carbocycles. The molecule has 2 fully saturated rings. The summed E-state index contributed by atoms with van der Waals surface area (Å²) in [7, 11) is 1.72. The summed E-state index contributed by atoms with van der Waals surface area (Å²) in [6.45, 7) is 8.76. The molecule has 0 aliphatic carbocycles. The number of hydrogen-bond donors (Lipinski definition) is 0. The number of hydrogen-bond acceptors (Lipinski definition) is 7. The Morgan fingerprint density at radius 1 is 0.932 bits per heavy atom. The number of benzene rings is 1. The van der Waals surface area contributed by atoms with E-state index in [1.54, 1.807) is 16.5 Å². The van der Waals surface area contributed by atoms with E-state index >= 15 is 0 Å². The number of carbonyl (C=O) groups is 1. The number of piperazine rings is 1. The number of anilines is 1. The van der Waals surface area contributed by atoms with Crippen LogP contribution in [0.1, 0.15) is 93.4 Å². The van der Waals surface area contributed by atoms with Crippen LogP contribution in [0, 0.1) is 18.3 Å². The molecular formula is C35H47N5O2S2. The van der Waals surface area contributed by atoms with E-state index in [-0.39, 0.29) is 17.0 Å². The van der Waals surface area contributed by atoms with Crippen LogP contribution in [0.2, 0.25) is 0 Å². The lowest BCUT2D eigenvalue weighted by Gasteiger charge is -2.37. The highest BCUT2D eigenvalue weighted by Crippen LogP contribution is 2.36. The monoisotopic (exact) mass is 633 g/mol. The molecule has 0 unspecified atom stereocenters. The molecule has 7 nitrogen and oxygen atoms in total. The molecule has 0 bridgehead atoms. The number of amides is 1. The standard InChI is InChI=1S/C35H47N5O2S2/c1-4-5-6-7-8-9-10-11-12-16-19-40-34(42)31(44-35(40)43)24-29-27(2)30(25-36)33(41)37(3)32(29)39-22-20-38(21-23-39)26-28-17-14-13-15-18-28/h13-15,17-18,24H,4-12,16,19-23,26H2,1-3H3/b31-24-. The Labute approximate surface area is 272 Å². The Bertz CT molecular complexity index is 1420. The molecule has 4 rings (SSSR count). The van der Waals surface area contributed by atoms with Gasteiger partial charge in [0.05, 0.1) is 4.91 Å². The number of thioether (sulfide) groups is 1. The van der Waals surface area contributed by atoms with E-state index in [0.29, 0.717) is 21.3 Å². The zero-order valence-corrected chi connectivity index (χ0v) is 28.3. The highest BCUT2D eigenvalue weighted by atomic mass is 32.2. The predicted molar refractivity (Wildman–Crippen MR) is 187 cm³/mol. The number of nitrogens with zero attached hydrogens (tertiary/aromatic N) is 5. The largest absolute Gasteiger partial charge is 0.355 e. The molecule has 0 radical (unpaired) electrons. The lowest BCUT2D eigenvalue weighted by molar-refractivity contribution is -0.122. The van der Waals surface area contributed by atoms with Gasteiger partial charge in [-0.2, -0.15) is 5.26 Å². The van der Waals surface area contributed by atoms with E-state index in [0.717, 1.165) is 56.9 Å². The molecule has 0 spiro atoms. The van der Waals surface area contributed by atoms with Crippen molar-refractivity contribution in [2.75, 3.05) is 37.6 Å². The fourth-order valence-electron chi connectivity index (χ4n) is 6.13. The maximum absolute atomic E-state index is 13.5. The Kier molecular flexibility index (Phi) is 13.1. The van der Waals surface area contributed by atoms with E-state index in [2.05, 4.69) is 47.1 Å². The van der Waals surface area contributed by atoms with Gasteiger partial charge in [0.25, 0.3) is 11.5 Å². The van der Waals surface area contributed by atoms with Gasteiger partial charge in [0.2, 0.25) is 0 Å². The maximum atomic E-state index is 13.5. The van der Waals surface area contributed by atoms with Gasteiger partial charge in [0.15, 0.2) is 0 Å². The Hall–Kier alpha value is -2.93. The first-order chi connectivity index (χ1) is 21.3. The average Bonchev–Trinajstić information content (AvgIpc) is 3.29. The minimum atomic E-state index is -0.308. The predicted octanol–water partition coefficient (Wildman–Crippen LogP) is 7.01. The van der Waals surface area contributed by atoms with Crippen molar-refractivity contribution in [2.45, 2.75) is 84.6 Å². The minimum absolute atomic E-state index is 0.0821. The summed E-state index contributed by atoms with van der Waals surface area (Å²) in [4.78, 5) is 33.6. The number of nitriles is 1. The lowest BCUT2D eigenvalue weighted by Crippen LogP contribution is -2.48. The Morgan fingerprint density at radius 3 is 2.16 bits per heavy atom. The SMILES string of the molecule is CCCCCCCCCCCCN1C(=O)/C(=C/c2c(C)c(C#N)c(=O)n(C)c2N2CCN(Cc3ccccc3)CC2)SC1=S. The number of pyridine rings is 1. The molecule has 1 amide bonds. The molecular weight excluding hydrogens is 587 g/mol. The molecule has 0 atom stereocenters. The normalized spacial score (nSPS) is 16.7. The average molecular weight is 634 g/mol. The number of unbranched alkanes of at least 4 members (excludes halogenated alkanes) is 9. The van der Waals surface area contributed by atoms with Crippen LogP contribution in [0.25, 0.3) is 6.08 Å². The van der Waals surface area contributed by atoms with Gasteiger partial charge in [-0.25, -0.2) is 0 Å². The van der Waals surface area contributed by atoms with Gasteiger partial charge in [-0.05, 0) is 30.5 Å². The number of rotatable bonds is 15. The van der Waals surface area contributed by atoms with Crippen LogP contribution >= 0.6 is 24.0 Å². The summed E-state index contributed by atoms with van der Waals surface area (Å²) < 4.78 is 2.16. The summed E-state index contributed by atoms with van der Waals surface area (Å²) in [5.74, 6) is 0.673. The highest BCUT2D eigenvalue weighted by Gasteiger charge is 2.33. The molecule has 2 aliphatic heterocycles. The smallest absolute Gasteiger partial charge is 0.270 e. The first-order valence-electron chi connectivity index (χ1n) is 16.3. The van der Waals surface area contributed by atoms with Crippen LogP contribution in [-0.4, -0.2) is 57.3 Å². The fourth-order valence-corrected chi connectivity index (χ4v) is 7.43. The molecule has 44 heavy (non-hydrogen) atoms. The third-order valence-electron chi connectivity index (χ3n) is 8.77. The summed E-state index contributed by atoms with van der Waals surface area (Å²) in [5.41, 5.74) is 2.45. The highest BCUT2D eigenvalue weighted by molar-refractivity contribution is 8.26. The van der Waals surface area contributed by atoms with Crippen molar-refractivity contribution in [3.8, 4) is 6.07 Å². The van der Waals surface area contributed by atoms with Gasteiger partial charge in [-0.1, -0.05) is 119 Å². The fraction of sp³-hybridized carbons (Fsp3) is 0.543. The van der Waals surface area contributed by atoms with Crippen molar-refractivity contribution in [3.05, 3.63) is 67.8 Å². The van der Waals surface area contributed by atoms with E-state index in [1.165, 1.54) is 68.7 Å². The summed E-state index contributed by atoms with van der Waals surface area (Å²) >= 11 is 6.96. The molecule has 3 heterocycles. The van der Waals surface area contributed by atoms with E-state index in [1.807, 2.05) is 19.1 Å². The van der Waals surface area contributed by atoms with Crippen molar-refractivity contribution in [2.24, 2.45) is 7.05 Å². The molecule has 2 saturated heterocycles. The van der Waals surface area contributed by atoms with Crippen molar-refractivity contribution in [3.63, 3.8) is 0 Å². The number of carbonyl (C=O) groups excluding carboxylic acids is 1. The second kappa shape index (κ2) is 17.0. The first kappa shape index (κ1) is 34.0. The quantitative estimate of drug-likeness (QED) is 0.119. The molecule has 9 heteroatoms. The molecule has 1 aromatic carbocycles. The van der Waals surface area contributed by atoms with Gasteiger partial charge in [0, 0.05) is 51.9 Å². The van der Waals surface area contributed by atoms with E-state index in [4.69, 9.17) is 12.2 Å². The van der Waals surface area contributed by atoms with Crippen LogP contribution in [0.4, 0.5) is 5.82 Å². The second-order valence-electron chi connectivity index (χ2n) is 12.0. The zero-order chi connectivity index (χ0) is 31.5. The number of thiocarbonyl (C=S) groups is 1. The van der Waals surface area contributed by atoms with Gasteiger partial charge in [0.1, 0.15) is 21.8 Å². The molecule has 1 aromatic heterocycles. The summed E-state index contributed by atoms with van der Waals surface area (Å²) in [6.07, 6.45) is 14.3. The van der Waals surface area contributed by atoms with Crippen LogP contribution in [-0.2, 0) is 18.4 Å². The minimum Gasteiger partial charge on any atom is -0.355 e. The third kappa shape index (κ3) is 8.62. The Morgan fingerprint density at radius 2 is 1.55 bits per heavy atom. The van der Waals surface area contributed by atoms with Crippen LogP contribution in [0.5, 0.6) is 0 Å². The van der Waals surface area contributed by atoms with Gasteiger partial charge >= 0.3 is 0 Å². The van der Waals surface area contributed by atoms with Crippen molar-refractivity contribution in [1.29, 1.82) is 5.26 Å². The van der Waals surface area contributed by atoms with Gasteiger partial charge < -0.3 is 4.90 Å². The third-order valence-corrected chi connectivity index (χ3v) is 10.2. The van der Waals surface area contributed by atoms with Gasteiger partial charge in [-0.15, -0.1) is 0 Å². The van der Waals surface area contributed by atoms with E-state index in [9.17, 15) is 14.9 Å². The Balaban J connectivity index is 1.43.